The molecule has 3 N–H and O–H groups in total. The number of hydrogen-bond acceptors (Lipinski definition) is 7. The molecule has 0 saturated carbocycles. The van der Waals surface area contributed by atoms with Gasteiger partial charge in [0, 0.05) is 23.0 Å². The van der Waals surface area contributed by atoms with E-state index in [0.29, 0.717) is 17.9 Å². The van der Waals surface area contributed by atoms with E-state index in [1.54, 1.807) is 13.1 Å². The average Bonchev–Trinajstić information content (AvgIpc) is 3.60. The van der Waals surface area contributed by atoms with Crippen molar-refractivity contribution >= 4 is 17.1 Å². The second kappa shape index (κ2) is 12.3. The maximum atomic E-state index is 11.9. The highest BCUT2D eigenvalue weighted by Crippen LogP contribution is 2.40. The topological polar surface area (TPSA) is 90.6 Å². The Morgan fingerprint density at radius 1 is 0.860 bits per heavy atom. The highest BCUT2D eigenvalue weighted by molar-refractivity contribution is 6.18. The van der Waals surface area contributed by atoms with Gasteiger partial charge in [0.05, 0.1) is 46.5 Å². The van der Waals surface area contributed by atoms with E-state index in [1.165, 1.54) is 16.7 Å². The molecule has 0 amide bonds. The highest BCUT2D eigenvalue weighted by atomic mass is 16.6. The van der Waals surface area contributed by atoms with Crippen molar-refractivity contribution in [2.45, 2.75) is 79.8 Å². The lowest BCUT2D eigenvalue weighted by molar-refractivity contribution is 0.0822. The first-order chi connectivity index (χ1) is 20.6. The third-order valence-electron chi connectivity index (χ3n) is 8.55. The molecule has 0 aromatic rings. The van der Waals surface area contributed by atoms with E-state index in [1.807, 2.05) is 31.2 Å². The molecule has 224 valence electrons. The SMILES string of the molecule is C=CC1=C(C)C2=CC3=NC(=CC4=NC(=CC5=C(/C=C/NOCC)C(C)(O)C(=CC1=N2)N5)C(C)=C4CCC)C(CCC)=C3C. The Hall–Kier alpha value is -4.07. The fourth-order valence-electron chi connectivity index (χ4n) is 6.08. The molecule has 0 aromatic carbocycles. The first kappa shape index (κ1) is 30.4. The Morgan fingerprint density at radius 3 is 2.21 bits per heavy atom. The van der Waals surface area contributed by atoms with E-state index in [0.717, 1.165) is 82.3 Å². The van der Waals surface area contributed by atoms with Crippen LogP contribution in [-0.4, -0.2) is 34.4 Å². The fourth-order valence-corrected chi connectivity index (χ4v) is 6.08. The lowest BCUT2D eigenvalue weighted by Gasteiger charge is -2.21. The van der Waals surface area contributed by atoms with E-state index in [4.69, 9.17) is 19.8 Å². The first-order valence-electron chi connectivity index (χ1n) is 15.3. The van der Waals surface area contributed by atoms with Crippen molar-refractivity contribution in [2.75, 3.05) is 6.61 Å². The molecule has 0 spiro atoms. The van der Waals surface area contributed by atoms with Crippen molar-refractivity contribution in [3.8, 4) is 0 Å². The number of nitrogens with zero attached hydrogens (tertiary/aromatic N) is 3. The minimum absolute atomic E-state index is 0.517. The van der Waals surface area contributed by atoms with Crippen molar-refractivity contribution in [2.24, 2.45) is 15.0 Å². The fraction of sp³-hybridized carbons (Fsp3) is 0.361. The van der Waals surface area contributed by atoms with E-state index in [-0.39, 0.29) is 0 Å². The Labute approximate surface area is 255 Å². The van der Waals surface area contributed by atoms with Gasteiger partial charge in [-0.25, -0.2) is 15.0 Å². The summed E-state index contributed by atoms with van der Waals surface area (Å²) in [6.07, 6.45) is 17.5. The van der Waals surface area contributed by atoms with Crippen LogP contribution in [0.4, 0.5) is 0 Å². The summed E-state index contributed by atoms with van der Waals surface area (Å²) in [7, 11) is 0. The third kappa shape index (κ3) is 5.55. The molecule has 1 atom stereocenters. The number of aliphatic hydroxyl groups is 1. The number of hydroxylamine groups is 1. The summed E-state index contributed by atoms with van der Waals surface area (Å²) in [6, 6.07) is 0. The summed E-state index contributed by atoms with van der Waals surface area (Å²) in [5.41, 5.74) is 15.6. The average molecular weight is 578 g/mol. The molecule has 7 nitrogen and oxygen atoms in total. The maximum Gasteiger partial charge on any atom is 0.129 e. The largest absolute Gasteiger partial charge is 0.379 e. The van der Waals surface area contributed by atoms with Crippen LogP contribution in [-0.2, 0) is 4.84 Å². The van der Waals surface area contributed by atoms with Crippen molar-refractivity contribution in [1.82, 2.24) is 10.8 Å². The van der Waals surface area contributed by atoms with E-state index < -0.39 is 5.60 Å². The van der Waals surface area contributed by atoms with Gasteiger partial charge in [0.2, 0.25) is 0 Å². The molecular weight excluding hydrogens is 534 g/mol. The van der Waals surface area contributed by atoms with Crippen LogP contribution in [0.1, 0.15) is 74.1 Å². The monoisotopic (exact) mass is 577 g/mol. The summed E-state index contributed by atoms with van der Waals surface area (Å²) in [5.74, 6) is 0. The van der Waals surface area contributed by atoms with Gasteiger partial charge in [-0.1, -0.05) is 39.3 Å². The highest BCUT2D eigenvalue weighted by Gasteiger charge is 2.39. The molecule has 0 saturated heterocycles. The molecule has 0 aromatic heterocycles. The predicted octanol–water partition coefficient (Wildman–Crippen LogP) is 7.30. The summed E-state index contributed by atoms with van der Waals surface area (Å²) in [5, 5.41) is 15.5. The third-order valence-corrected chi connectivity index (χ3v) is 8.55. The normalized spacial score (nSPS) is 23.4. The molecular formula is C36H43N5O2. The van der Waals surface area contributed by atoms with Gasteiger partial charge in [0.15, 0.2) is 0 Å². The number of nitrogens with one attached hydrogen (secondary N) is 2. The predicted molar refractivity (Wildman–Crippen MR) is 177 cm³/mol. The maximum absolute atomic E-state index is 11.9. The second-order valence-electron chi connectivity index (χ2n) is 11.5. The molecule has 5 aliphatic rings. The summed E-state index contributed by atoms with van der Waals surface area (Å²) in [6.45, 7) is 19.0. The van der Waals surface area contributed by atoms with Crippen LogP contribution in [0.25, 0.3) is 0 Å². The summed E-state index contributed by atoms with van der Waals surface area (Å²) >= 11 is 0. The molecule has 5 heterocycles. The lowest BCUT2D eigenvalue weighted by Crippen LogP contribution is -2.29. The van der Waals surface area contributed by atoms with Crippen molar-refractivity contribution in [1.29, 1.82) is 0 Å². The van der Waals surface area contributed by atoms with Gasteiger partial charge < -0.3 is 10.4 Å². The molecule has 8 bridgehead atoms. The van der Waals surface area contributed by atoms with Crippen LogP contribution in [0.15, 0.2) is 132 Å². The molecule has 1 unspecified atom stereocenters. The first-order valence-corrected chi connectivity index (χ1v) is 15.3. The minimum Gasteiger partial charge on any atom is -0.379 e. The number of allylic oxidation sites excluding steroid dienone is 11. The molecule has 5 rings (SSSR count). The van der Waals surface area contributed by atoms with Gasteiger partial charge in [-0.3, -0.25) is 10.3 Å². The summed E-state index contributed by atoms with van der Waals surface area (Å²) in [4.78, 5) is 20.6. The molecule has 0 aliphatic carbocycles. The summed E-state index contributed by atoms with van der Waals surface area (Å²) < 4.78 is 0. The van der Waals surface area contributed by atoms with Gasteiger partial charge in [0.25, 0.3) is 0 Å². The standard InChI is InChI=1S/C36H43N5O2/c1-9-13-25-22(6)29-17-28-21(5)24(11-3)33(40-28)20-35-36(8,42)27(15-16-37-43-12-4)34(41-35)18-30-23(7)26(14-10-2)32(39-30)19-31(25)38-29/h11,15-20,37,41-42H,3,9-10,12-14H2,1-2,4-8H3/b16-15+,28-17?,30-18?,31-19?,35-20?. The van der Waals surface area contributed by atoms with Crippen molar-refractivity contribution in [3.63, 3.8) is 0 Å². The van der Waals surface area contributed by atoms with Gasteiger partial charge in [-0.05, 0) is 106 Å². The second-order valence-corrected chi connectivity index (χ2v) is 11.5. The van der Waals surface area contributed by atoms with Crippen LogP contribution < -0.4 is 10.8 Å². The zero-order valence-electron chi connectivity index (χ0n) is 26.5. The van der Waals surface area contributed by atoms with Crippen LogP contribution in [0, 0.1) is 0 Å². The smallest absolute Gasteiger partial charge is 0.129 e. The van der Waals surface area contributed by atoms with Crippen LogP contribution in [0.5, 0.6) is 0 Å². The zero-order chi connectivity index (χ0) is 30.9. The number of aliphatic imine (C=N–C) groups is 3. The van der Waals surface area contributed by atoms with Gasteiger partial charge in [-0.15, -0.1) is 0 Å². The van der Waals surface area contributed by atoms with Crippen molar-refractivity contribution < 1.29 is 9.94 Å². The lowest BCUT2D eigenvalue weighted by atomic mass is 9.92. The van der Waals surface area contributed by atoms with Gasteiger partial charge >= 0.3 is 0 Å². The Kier molecular flexibility index (Phi) is 8.67. The molecule has 0 radical (unpaired) electrons. The van der Waals surface area contributed by atoms with E-state index >= 15 is 0 Å². The number of rotatable bonds is 9. The Bertz CT molecular complexity index is 1640. The zero-order valence-corrected chi connectivity index (χ0v) is 26.5. The minimum atomic E-state index is -1.32. The quantitative estimate of drug-likeness (QED) is 0.198. The van der Waals surface area contributed by atoms with E-state index in [9.17, 15) is 5.11 Å². The Balaban J connectivity index is 1.79. The molecule has 7 heteroatoms. The van der Waals surface area contributed by atoms with Crippen LogP contribution in [0.2, 0.25) is 0 Å². The van der Waals surface area contributed by atoms with Gasteiger partial charge in [-0.2, -0.15) is 0 Å². The molecule has 5 aliphatic heterocycles. The number of fused-ring (bicyclic) bond motifs is 5. The van der Waals surface area contributed by atoms with E-state index in [2.05, 4.69) is 64.1 Å². The van der Waals surface area contributed by atoms with Crippen LogP contribution in [0.3, 0.4) is 0 Å². The Morgan fingerprint density at radius 2 is 1.51 bits per heavy atom. The van der Waals surface area contributed by atoms with Gasteiger partial charge in [0.1, 0.15) is 5.60 Å². The molecule has 0 fully saturated rings. The number of hydrogen-bond donors (Lipinski definition) is 3. The molecule has 43 heavy (non-hydrogen) atoms. The van der Waals surface area contributed by atoms with Crippen LogP contribution >= 0.6 is 0 Å². The van der Waals surface area contributed by atoms with Crippen molar-refractivity contribution in [3.05, 3.63) is 117 Å².